The molecular formula is C13H16N6O. The van der Waals surface area contributed by atoms with Crippen LogP contribution in [0.25, 0.3) is 11.4 Å². The standard InChI is InChI=1S/C13H16N6O/c20-13(11-5-6-14-8-11)15-7-9-1-3-10(4-2-9)12-16-18-19-17-12/h1-4,11,14H,5-8H2,(H,15,20)(H,16,17,18,19). The number of hydrogen-bond donors (Lipinski definition) is 3. The van der Waals surface area contributed by atoms with Gasteiger partial charge in [0.1, 0.15) is 0 Å². The van der Waals surface area contributed by atoms with Gasteiger partial charge in [-0.1, -0.05) is 24.3 Å². The molecule has 1 fully saturated rings. The summed E-state index contributed by atoms with van der Waals surface area (Å²) in [5.74, 6) is 0.795. The summed E-state index contributed by atoms with van der Waals surface area (Å²) in [6.07, 6.45) is 0.919. The maximum absolute atomic E-state index is 11.9. The molecule has 2 aromatic rings. The number of nitrogens with one attached hydrogen (secondary N) is 3. The highest BCUT2D eigenvalue weighted by atomic mass is 16.1. The third-order valence-electron chi connectivity index (χ3n) is 3.46. The number of amides is 1. The van der Waals surface area contributed by atoms with E-state index in [1.807, 2.05) is 24.3 Å². The van der Waals surface area contributed by atoms with Crippen LogP contribution >= 0.6 is 0 Å². The quantitative estimate of drug-likeness (QED) is 0.733. The number of benzene rings is 1. The molecule has 0 saturated carbocycles. The zero-order valence-electron chi connectivity index (χ0n) is 11.0. The number of hydrogen-bond acceptors (Lipinski definition) is 5. The Bertz CT molecular complexity index is 559. The van der Waals surface area contributed by atoms with Crippen LogP contribution in [0, 0.1) is 5.92 Å². The lowest BCUT2D eigenvalue weighted by Gasteiger charge is -2.10. The second kappa shape index (κ2) is 5.79. The average molecular weight is 272 g/mol. The summed E-state index contributed by atoms with van der Waals surface area (Å²) in [5, 5.41) is 19.9. The predicted octanol–water partition coefficient (Wildman–Crippen LogP) is 0.0924. The van der Waals surface area contributed by atoms with Crippen LogP contribution in [-0.2, 0) is 11.3 Å². The van der Waals surface area contributed by atoms with Gasteiger partial charge in [0.15, 0.2) is 0 Å². The van der Waals surface area contributed by atoms with Crippen LogP contribution < -0.4 is 10.6 Å². The fourth-order valence-electron chi connectivity index (χ4n) is 2.27. The lowest BCUT2D eigenvalue weighted by molar-refractivity contribution is -0.124. The van der Waals surface area contributed by atoms with Crippen molar-refractivity contribution in [3.63, 3.8) is 0 Å². The highest BCUT2D eigenvalue weighted by molar-refractivity contribution is 5.79. The van der Waals surface area contributed by atoms with Gasteiger partial charge in [0, 0.05) is 18.7 Å². The third kappa shape index (κ3) is 2.83. The first-order chi connectivity index (χ1) is 9.83. The lowest BCUT2D eigenvalue weighted by atomic mass is 10.1. The van der Waals surface area contributed by atoms with E-state index in [-0.39, 0.29) is 11.8 Å². The third-order valence-corrected chi connectivity index (χ3v) is 3.46. The average Bonchev–Trinajstić information content (AvgIpc) is 3.18. The Hall–Kier alpha value is -2.28. The largest absolute Gasteiger partial charge is 0.352 e. The minimum Gasteiger partial charge on any atom is -0.352 e. The molecule has 1 aliphatic rings. The van der Waals surface area contributed by atoms with Gasteiger partial charge in [-0.2, -0.15) is 5.21 Å². The minimum absolute atomic E-state index is 0.105. The monoisotopic (exact) mass is 272 g/mol. The summed E-state index contributed by atoms with van der Waals surface area (Å²) < 4.78 is 0. The molecule has 20 heavy (non-hydrogen) atoms. The minimum atomic E-state index is 0.105. The molecule has 0 bridgehead atoms. The molecule has 7 nitrogen and oxygen atoms in total. The number of H-pyrrole nitrogens is 1. The summed E-state index contributed by atoms with van der Waals surface area (Å²) in [6.45, 7) is 2.25. The van der Waals surface area contributed by atoms with Crippen LogP contribution in [0.4, 0.5) is 0 Å². The van der Waals surface area contributed by atoms with E-state index in [1.165, 1.54) is 0 Å². The first kappa shape index (κ1) is 12.7. The highest BCUT2D eigenvalue weighted by Crippen LogP contribution is 2.14. The van der Waals surface area contributed by atoms with Gasteiger partial charge in [-0.25, -0.2) is 0 Å². The Labute approximate surface area is 116 Å². The Kier molecular flexibility index (Phi) is 3.69. The number of rotatable bonds is 4. The van der Waals surface area contributed by atoms with Crippen molar-refractivity contribution in [1.29, 1.82) is 0 Å². The van der Waals surface area contributed by atoms with E-state index in [2.05, 4.69) is 31.3 Å². The second-order valence-corrected chi connectivity index (χ2v) is 4.84. The van der Waals surface area contributed by atoms with Gasteiger partial charge in [0.05, 0.1) is 5.92 Å². The van der Waals surface area contributed by atoms with Gasteiger partial charge in [0.25, 0.3) is 0 Å². The summed E-state index contributed by atoms with van der Waals surface area (Å²) in [6, 6.07) is 7.75. The zero-order valence-corrected chi connectivity index (χ0v) is 11.0. The van der Waals surface area contributed by atoms with Crippen LogP contribution in [0.15, 0.2) is 24.3 Å². The number of nitrogens with zero attached hydrogens (tertiary/aromatic N) is 3. The van der Waals surface area contributed by atoms with Crippen molar-refractivity contribution >= 4 is 5.91 Å². The number of aromatic amines is 1. The summed E-state index contributed by atoms with van der Waals surface area (Å²) in [7, 11) is 0. The first-order valence-electron chi connectivity index (χ1n) is 6.64. The molecule has 7 heteroatoms. The van der Waals surface area contributed by atoms with Gasteiger partial charge in [0.2, 0.25) is 11.7 Å². The Morgan fingerprint density at radius 3 is 2.85 bits per heavy atom. The molecule has 1 atom stereocenters. The topological polar surface area (TPSA) is 95.6 Å². The van der Waals surface area contributed by atoms with Crippen molar-refractivity contribution in [2.24, 2.45) is 5.92 Å². The van der Waals surface area contributed by atoms with Gasteiger partial charge >= 0.3 is 0 Å². The van der Waals surface area contributed by atoms with E-state index in [1.54, 1.807) is 0 Å². The molecule has 0 radical (unpaired) electrons. The van der Waals surface area contributed by atoms with Gasteiger partial charge in [-0.3, -0.25) is 4.79 Å². The van der Waals surface area contributed by atoms with Crippen molar-refractivity contribution in [2.45, 2.75) is 13.0 Å². The summed E-state index contributed by atoms with van der Waals surface area (Å²) in [4.78, 5) is 11.9. The zero-order chi connectivity index (χ0) is 13.8. The molecule has 1 aliphatic heterocycles. The lowest BCUT2D eigenvalue weighted by Crippen LogP contribution is -2.31. The number of aromatic nitrogens is 4. The first-order valence-corrected chi connectivity index (χ1v) is 6.64. The molecule has 1 unspecified atom stereocenters. The molecule has 1 saturated heterocycles. The molecular weight excluding hydrogens is 256 g/mol. The molecule has 0 aliphatic carbocycles. The predicted molar refractivity (Wildman–Crippen MR) is 72.4 cm³/mol. The molecule has 3 N–H and O–H groups in total. The van der Waals surface area contributed by atoms with Crippen molar-refractivity contribution in [3.05, 3.63) is 29.8 Å². The van der Waals surface area contributed by atoms with Crippen molar-refractivity contribution in [1.82, 2.24) is 31.3 Å². The highest BCUT2D eigenvalue weighted by Gasteiger charge is 2.21. The van der Waals surface area contributed by atoms with Crippen molar-refractivity contribution < 1.29 is 4.79 Å². The fraction of sp³-hybridized carbons (Fsp3) is 0.385. The number of carbonyl (C=O) groups is 1. The van der Waals surface area contributed by atoms with Gasteiger partial charge < -0.3 is 10.6 Å². The normalized spacial score (nSPS) is 18.1. The van der Waals surface area contributed by atoms with Gasteiger partial charge in [-0.15, -0.1) is 10.2 Å². The Morgan fingerprint density at radius 1 is 1.35 bits per heavy atom. The van der Waals surface area contributed by atoms with E-state index >= 15 is 0 Å². The van der Waals surface area contributed by atoms with Crippen LogP contribution in [0.3, 0.4) is 0 Å². The van der Waals surface area contributed by atoms with E-state index in [0.717, 1.165) is 30.6 Å². The van der Waals surface area contributed by atoms with E-state index in [0.29, 0.717) is 12.4 Å². The van der Waals surface area contributed by atoms with E-state index < -0.39 is 0 Å². The molecule has 0 spiro atoms. The number of carbonyl (C=O) groups excluding carboxylic acids is 1. The maximum Gasteiger partial charge on any atom is 0.224 e. The number of tetrazole rings is 1. The molecule has 1 aromatic heterocycles. The smallest absolute Gasteiger partial charge is 0.224 e. The molecule has 2 heterocycles. The second-order valence-electron chi connectivity index (χ2n) is 4.84. The molecule has 3 rings (SSSR count). The van der Waals surface area contributed by atoms with E-state index in [9.17, 15) is 4.79 Å². The van der Waals surface area contributed by atoms with Crippen molar-refractivity contribution in [2.75, 3.05) is 13.1 Å². The van der Waals surface area contributed by atoms with Crippen LogP contribution in [-0.4, -0.2) is 39.6 Å². The molecule has 1 aromatic carbocycles. The van der Waals surface area contributed by atoms with Crippen LogP contribution in [0.5, 0.6) is 0 Å². The van der Waals surface area contributed by atoms with Crippen LogP contribution in [0.2, 0.25) is 0 Å². The molecule has 104 valence electrons. The summed E-state index contributed by atoms with van der Waals surface area (Å²) in [5.41, 5.74) is 1.95. The van der Waals surface area contributed by atoms with E-state index in [4.69, 9.17) is 0 Å². The van der Waals surface area contributed by atoms with Crippen molar-refractivity contribution in [3.8, 4) is 11.4 Å². The summed E-state index contributed by atoms with van der Waals surface area (Å²) >= 11 is 0. The Balaban J connectivity index is 1.57. The molecule has 1 amide bonds. The Morgan fingerprint density at radius 2 is 2.20 bits per heavy atom. The maximum atomic E-state index is 11.9. The fourth-order valence-corrected chi connectivity index (χ4v) is 2.27. The van der Waals surface area contributed by atoms with Gasteiger partial charge in [-0.05, 0) is 23.7 Å². The SMILES string of the molecule is O=C(NCc1ccc(-c2nn[nH]n2)cc1)C1CCNC1. The van der Waals surface area contributed by atoms with Crippen LogP contribution in [0.1, 0.15) is 12.0 Å².